The van der Waals surface area contributed by atoms with Gasteiger partial charge in [0.25, 0.3) is 5.91 Å². The maximum Gasteiger partial charge on any atom is 0.339 e. The van der Waals surface area contributed by atoms with Gasteiger partial charge in [0, 0.05) is 17.4 Å². The second-order valence-electron chi connectivity index (χ2n) is 6.18. The van der Waals surface area contributed by atoms with Crippen molar-refractivity contribution in [3.63, 3.8) is 0 Å². The average Bonchev–Trinajstić information content (AvgIpc) is 2.74. The summed E-state index contributed by atoms with van der Waals surface area (Å²) in [7, 11) is 1.28. The van der Waals surface area contributed by atoms with Crippen molar-refractivity contribution in [3.05, 3.63) is 83.6 Å². The van der Waals surface area contributed by atoms with Crippen molar-refractivity contribution in [3.8, 4) is 0 Å². The number of pyridine rings is 1. The van der Waals surface area contributed by atoms with E-state index in [1.165, 1.54) is 20.2 Å². The zero-order valence-corrected chi connectivity index (χ0v) is 15.9. The smallest absolute Gasteiger partial charge is 0.339 e. The van der Waals surface area contributed by atoms with Gasteiger partial charge in [0.15, 0.2) is 5.78 Å². The van der Waals surface area contributed by atoms with Gasteiger partial charge in [-0.3, -0.25) is 9.59 Å². The van der Waals surface area contributed by atoms with Gasteiger partial charge >= 0.3 is 5.97 Å². The van der Waals surface area contributed by atoms with Gasteiger partial charge < -0.3 is 15.4 Å². The third-order valence-corrected chi connectivity index (χ3v) is 4.17. The van der Waals surface area contributed by atoms with Crippen LogP contribution in [0.4, 0.5) is 17.2 Å². The molecule has 29 heavy (non-hydrogen) atoms. The molecule has 146 valence electrons. The van der Waals surface area contributed by atoms with Crippen molar-refractivity contribution in [2.24, 2.45) is 0 Å². The highest BCUT2D eigenvalue weighted by Crippen LogP contribution is 2.19. The summed E-state index contributed by atoms with van der Waals surface area (Å²) in [5.41, 5.74) is 2.36. The minimum atomic E-state index is -0.533. The van der Waals surface area contributed by atoms with Gasteiger partial charge in [-0.25, -0.2) is 9.78 Å². The quantitative estimate of drug-likeness (QED) is 0.487. The second-order valence-corrected chi connectivity index (χ2v) is 6.18. The van der Waals surface area contributed by atoms with Gasteiger partial charge in [-0.2, -0.15) is 0 Å². The van der Waals surface area contributed by atoms with E-state index in [0.717, 1.165) is 5.69 Å². The molecule has 2 aromatic carbocycles. The molecule has 0 saturated heterocycles. The number of ether oxygens (including phenoxy) is 1. The van der Waals surface area contributed by atoms with E-state index in [0.29, 0.717) is 22.6 Å². The Hall–Kier alpha value is -4.00. The first kappa shape index (κ1) is 19.8. The van der Waals surface area contributed by atoms with Crippen LogP contribution in [0, 0.1) is 0 Å². The number of hydrogen-bond acceptors (Lipinski definition) is 6. The Kier molecular flexibility index (Phi) is 5.99. The Morgan fingerprint density at radius 1 is 0.897 bits per heavy atom. The van der Waals surface area contributed by atoms with Crippen molar-refractivity contribution in [1.82, 2.24) is 4.98 Å². The highest BCUT2D eigenvalue weighted by atomic mass is 16.5. The van der Waals surface area contributed by atoms with Gasteiger partial charge in [0.2, 0.25) is 0 Å². The van der Waals surface area contributed by atoms with Crippen molar-refractivity contribution >= 4 is 34.9 Å². The van der Waals surface area contributed by atoms with Crippen LogP contribution in [0.25, 0.3) is 0 Å². The van der Waals surface area contributed by atoms with Gasteiger partial charge in [-0.1, -0.05) is 12.1 Å². The van der Waals surface area contributed by atoms with Crippen LogP contribution in [0.3, 0.4) is 0 Å². The van der Waals surface area contributed by atoms with Crippen LogP contribution in [-0.4, -0.2) is 29.8 Å². The molecular formula is C22H19N3O4. The molecule has 0 aliphatic rings. The molecule has 2 N–H and O–H groups in total. The van der Waals surface area contributed by atoms with Crippen LogP contribution in [0.2, 0.25) is 0 Å². The van der Waals surface area contributed by atoms with Crippen LogP contribution < -0.4 is 10.6 Å². The molecule has 0 saturated carbocycles. The third-order valence-electron chi connectivity index (χ3n) is 4.17. The van der Waals surface area contributed by atoms with E-state index in [9.17, 15) is 14.4 Å². The Morgan fingerprint density at radius 2 is 1.59 bits per heavy atom. The summed E-state index contributed by atoms with van der Waals surface area (Å²) in [6.45, 7) is 1.51. The first-order valence-corrected chi connectivity index (χ1v) is 8.80. The molecule has 3 aromatic rings. The van der Waals surface area contributed by atoms with Gasteiger partial charge in [-0.05, 0) is 55.5 Å². The maximum atomic E-state index is 12.5. The van der Waals surface area contributed by atoms with Crippen LogP contribution in [-0.2, 0) is 4.74 Å². The van der Waals surface area contributed by atoms with E-state index >= 15 is 0 Å². The van der Waals surface area contributed by atoms with Crippen LogP contribution in [0.15, 0.2) is 66.9 Å². The molecule has 7 nitrogen and oxygen atoms in total. The van der Waals surface area contributed by atoms with Gasteiger partial charge in [0.05, 0.1) is 23.9 Å². The second kappa shape index (κ2) is 8.79. The topological polar surface area (TPSA) is 97.4 Å². The molecule has 0 bridgehead atoms. The maximum absolute atomic E-state index is 12.5. The molecule has 0 aliphatic heterocycles. The number of anilines is 3. The molecule has 0 fully saturated rings. The lowest BCUT2D eigenvalue weighted by Crippen LogP contribution is -2.15. The highest BCUT2D eigenvalue weighted by Gasteiger charge is 2.14. The zero-order chi connectivity index (χ0) is 20.8. The predicted octanol–water partition coefficient (Wildman–Crippen LogP) is 4.07. The molecule has 0 aliphatic carbocycles. The molecule has 0 unspecified atom stereocenters. The summed E-state index contributed by atoms with van der Waals surface area (Å²) in [6.07, 6.45) is 1.43. The SMILES string of the molecule is COC(=O)c1ccccc1NC(=O)c1ccc(Nc2ccc(C(C)=O)cc2)nc1. The predicted molar refractivity (Wildman–Crippen MR) is 110 cm³/mol. The monoisotopic (exact) mass is 389 g/mol. The van der Waals surface area contributed by atoms with Gasteiger partial charge in [-0.15, -0.1) is 0 Å². The largest absolute Gasteiger partial charge is 0.465 e. The summed E-state index contributed by atoms with van der Waals surface area (Å²) >= 11 is 0. The fourth-order valence-corrected chi connectivity index (χ4v) is 2.61. The third kappa shape index (κ3) is 4.84. The van der Waals surface area contributed by atoms with E-state index in [4.69, 9.17) is 4.74 Å². The molecule has 0 spiro atoms. The Labute approximate surface area is 167 Å². The summed E-state index contributed by atoms with van der Waals surface area (Å²) in [4.78, 5) is 39.9. The van der Waals surface area contributed by atoms with E-state index < -0.39 is 11.9 Å². The lowest BCUT2D eigenvalue weighted by molar-refractivity contribution is 0.0601. The fraction of sp³-hybridized carbons (Fsp3) is 0.0909. The summed E-state index contributed by atoms with van der Waals surface area (Å²) in [6, 6.07) is 16.9. The lowest BCUT2D eigenvalue weighted by atomic mass is 10.1. The standard InChI is InChI=1S/C22H19N3O4/c1-14(26)15-7-10-17(11-8-15)24-20-12-9-16(13-23-20)21(27)25-19-6-4-3-5-18(19)22(28)29-2/h3-13H,1-2H3,(H,23,24)(H,25,27). The minimum Gasteiger partial charge on any atom is -0.465 e. The van der Waals surface area contributed by atoms with E-state index in [1.807, 2.05) is 0 Å². The molecule has 1 aromatic heterocycles. The molecular weight excluding hydrogens is 370 g/mol. The molecule has 1 amide bonds. The summed E-state index contributed by atoms with van der Waals surface area (Å²) < 4.78 is 4.73. The van der Waals surface area contributed by atoms with E-state index in [1.54, 1.807) is 60.7 Å². The number of nitrogens with one attached hydrogen (secondary N) is 2. The number of ketones is 1. The highest BCUT2D eigenvalue weighted by molar-refractivity contribution is 6.07. The summed E-state index contributed by atoms with van der Waals surface area (Å²) in [5, 5.41) is 5.80. The zero-order valence-electron chi connectivity index (χ0n) is 15.9. The van der Waals surface area contributed by atoms with Crippen LogP contribution in [0.5, 0.6) is 0 Å². The van der Waals surface area contributed by atoms with Crippen molar-refractivity contribution in [1.29, 1.82) is 0 Å². The first-order chi connectivity index (χ1) is 14.0. The average molecular weight is 389 g/mol. The van der Waals surface area contributed by atoms with Gasteiger partial charge in [0.1, 0.15) is 5.82 Å². The number of methoxy groups -OCH3 is 1. The Balaban J connectivity index is 1.69. The molecule has 0 radical (unpaired) electrons. The van der Waals surface area contributed by atoms with E-state index in [-0.39, 0.29) is 11.3 Å². The molecule has 7 heteroatoms. The number of rotatable bonds is 6. The van der Waals surface area contributed by atoms with Crippen LogP contribution >= 0.6 is 0 Å². The van der Waals surface area contributed by atoms with Crippen molar-refractivity contribution in [2.45, 2.75) is 6.92 Å². The number of esters is 1. The number of para-hydroxylation sites is 1. The van der Waals surface area contributed by atoms with E-state index in [2.05, 4.69) is 15.6 Å². The number of nitrogens with zero attached hydrogens (tertiary/aromatic N) is 1. The minimum absolute atomic E-state index is 0.00110. The normalized spacial score (nSPS) is 10.1. The van der Waals surface area contributed by atoms with Crippen molar-refractivity contribution < 1.29 is 19.1 Å². The lowest BCUT2D eigenvalue weighted by Gasteiger charge is -2.10. The number of carbonyl (C=O) groups excluding carboxylic acids is 3. The summed E-state index contributed by atoms with van der Waals surface area (Å²) in [5.74, 6) is -0.383. The number of amides is 1. The number of Topliss-reactive ketones (excluding diaryl/α,β-unsaturated/α-hetero) is 1. The number of carbonyl (C=O) groups is 3. The molecule has 1 heterocycles. The number of hydrogen-bond donors (Lipinski definition) is 2. The fourth-order valence-electron chi connectivity index (χ4n) is 2.61. The molecule has 0 atom stereocenters. The molecule has 3 rings (SSSR count). The Morgan fingerprint density at radius 3 is 2.21 bits per heavy atom. The number of benzene rings is 2. The Bertz CT molecular complexity index is 1040. The van der Waals surface area contributed by atoms with Crippen LogP contribution in [0.1, 0.15) is 38.0 Å². The number of aromatic nitrogens is 1. The van der Waals surface area contributed by atoms with Crippen molar-refractivity contribution in [2.75, 3.05) is 17.7 Å². The first-order valence-electron chi connectivity index (χ1n) is 8.80.